The third-order valence-corrected chi connectivity index (χ3v) is 4.02. The number of amides is 3. The fourth-order valence-electron chi connectivity index (χ4n) is 2.49. The SMILES string of the molecule is CC(Oc1ccc(O)cc1)C(=O)NCc1ccc(NC(=O)CNC(=O)OC(C)(C)C)cc1. The fraction of sp³-hybridized carbons (Fsp3) is 0.348. The molecule has 0 heterocycles. The Hall–Kier alpha value is -3.75. The molecule has 2 aromatic rings. The van der Waals surface area contributed by atoms with Crippen LogP contribution in [0.2, 0.25) is 0 Å². The molecule has 1 atom stereocenters. The molecule has 3 amide bonds. The summed E-state index contributed by atoms with van der Waals surface area (Å²) < 4.78 is 10.6. The predicted octanol–water partition coefficient (Wildman–Crippen LogP) is 2.94. The number of aromatic hydroxyl groups is 1. The zero-order chi connectivity index (χ0) is 23.7. The number of phenolic OH excluding ortho intramolecular Hbond substituents is 1. The van der Waals surface area contributed by atoms with Crippen LogP contribution in [0, 0.1) is 0 Å². The van der Waals surface area contributed by atoms with Crippen molar-refractivity contribution in [3.8, 4) is 11.5 Å². The molecule has 1 unspecified atom stereocenters. The standard InChI is InChI=1S/C23H29N3O6/c1-15(31-19-11-9-18(27)10-12-19)21(29)24-13-16-5-7-17(8-6-16)26-20(28)14-25-22(30)32-23(2,3)4/h5-12,15,27H,13-14H2,1-4H3,(H,24,29)(H,25,30)(H,26,28). The Morgan fingerprint density at radius 2 is 1.59 bits per heavy atom. The molecule has 0 aliphatic rings. The maximum Gasteiger partial charge on any atom is 0.408 e. The van der Waals surface area contributed by atoms with Crippen molar-refractivity contribution in [2.75, 3.05) is 11.9 Å². The number of ether oxygens (including phenoxy) is 2. The molecule has 0 saturated heterocycles. The summed E-state index contributed by atoms with van der Waals surface area (Å²) in [5.74, 6) is -0.0825. The Balaban J connectivity index is 1.74. The number of alkyl carbamates (subject to hydrolysis) is 1. The van der Waals surface area contributed by atoms with Gasteiger partial charge in [-0.05, 0) is 69.7 Å². The first kappa shape index (κ1) is 24.5. The van der Waals surface area contributed by atoms with E-state index in [0.717, 1.165) is 5.56 Å². The number of phenols is 1. The molecule has 9 nitrogen and oxygen atoms in total. The molecule has 32 heavy (non-hydrogen) atoms. The average molecular weight is 444 g/mol. The van der Waals surface area contributed by atoms with Gasteiger partial charge in [-0.1, -0.05) is 12.1 Å². The molecule has 0 spiro atoms. The topological polar surface area (TPSA) is 126 Å². The highest BCUT2D eigenvalue weighted by Gasteiger charge is 2.17. The zero-order valence-corrected chi connectivity index (χ0v) is 18.6. The molecule has 0 aliphatic carbocycles. The number of carbonyl (C=O) groups excluding carboxylic acids is 3. The molecular weight excluding hydrogens is 414 g/mol. The lowest BCUT2D eigenvalue weighted by Gasteiger charge is -2.19. The largest absolute Gasteiger partial charge is 0.508 e. The molecule has 0 radical (unpaired) electrons. The molecule has 9 heteroatoms. The van der Waals surface area contributed by atoms with Crippen LogP contribution >= 0.6 is 0 Å². The van der Waals surface area contributed by atoms with Crippen LogP contribution in [0.25, 0.3) is 0 Å². The first-order valence-corrected chi connectivity index (χ1v) is 10.1. The van der Waals surface area contributed by atoms with Gasteiger partial charge in [0.2, 0.25) is 5.91 Å². The summed E-state index contributed by atoms with van der Waals surface area (Å²) in [6.45, 7) is 6.91. The fourth-order valence-corrected chi connectivity index (χ4v) is 2.49. The van der Waals surface area contributed by atoms with E-state index in [-0.39, 0.29) is 24.7 Å². The molecule has 2 rings (SSSR count). The average Bonchev–Trinajstić information content (AvgIpc) is 2.72. The third-order valence-electron chi connectivity index (χ3n) is 4.02. The number of carbonyl (C=O) groups is 3. The van der Waals surface area contributed by atoms with Crippen LogP contribution in [0.15, 0.2) is 48.5 Å². The van der Waals surface area contributed by atoms with Crippen molar-refractivity contribution in [2.24, 2.45) is 0 Å². The minimum atomic E-state index is -0.712. The molecule has 0 fully saturated rings. The number of anilines is 1. The Kier molecular flexibility index (Phi) is 8.46. The number of rotatable bonds is 8. The number of hydrogen-bond acceptors (Lipinski definition) is 6. The van der Waals surface area contributed by atoms with Gasteiger partial charge in [0.15, 0.2) is 6.10 Å². The molecular formula is C23H29N3O6. The van der Waals surface area contributed by atoms with Gasteiger partial charge in [-0.25, -0.2) is 4.79 Å². The van der Waals surface area contributed by atoms with Gasteiger partial charge >= 0.3 is 6.09 Å². The van der Waals surface area contributed by atoms with Crippen molar-refractivity contribution >= 4 is 23.6 Å². The van der Waals surface area contributed by atoms with Crippen molar-refractivity contribution in [3.63, 3.8) is 0 Å². The van der Waals surface area contributed by atoms with Crippen LogP contribution in [0.3, 0.4) is 0 Å². The van der Waals surface area contributed by atoms with E-state index < -0.39 is 23.7 Å². The van der Waals surface area contributed by atoms with E-state index >= 15 is 0 Å². The van der Waals surface area contributed by atoms with Crippen LogP contribution in [0.5, 0.6) is 11.5 Å². The van der Waals surface area contributed by atoms with Gasteiger partial charge in [-0.15, -0.1) is 0 Å². The highest BCUT2D eigenvalue weighted by atomic mass is 16.6. The predicted molar refractivity (Wildman–Crippen MR) is 119 cm³/mol. The Bertz CT molecular complexity index is 920. The Labute approximate surface area is 187 Å². The van der Waals surface area contributed by atoms with Gasteiger partial charge < -0.3 is 30.5 Å². The smallest absolute Gasteiger partial charge is 0.408 e. The molecule has 0 aromatic heterocycles. The molecule has 0 bridgehead atoms. The highest BCUT2D eigenvalue weighted by molar-refractivity contribution is 5.93. The van der Waals surface area contributed by atoms with E-state index in [1.807, 2.05) is 0 Å². The van der Waals surface area contributed by atoms with Crippen LogP contribution < -0.4 is 20.7 Å². The lowest BCUT2D eigenvalue weighted by atomic mass is 10.2. The van der Waals surface area contributed by atoms with Crippen molar-refractivity contribution < 1.29 is 29.0 Å². The van der Waals surface area contributed by atoms with E-state index in [9.17, 15) is 19.5 Å². The second kappa shape index (κ2) is 11.0. The third kappa shape index (κ3) is 8.95. The second-order valence-electron chi connectivity index (χ2n) is 8.07. The molecule has 0 saturated carbocycles. The van der Waals surface area contributed by atoms with Crippen molar-refractivity contribution in [1.29, 1.82) is 0 Å². The van der Waals surface area contributed by atoms with E-state index in [2.05, 4.69) is 16.0 Å². The highest BCUT2D eigenvalue weighted by Crippen LogP contribution is 2.17. The van der Waals surface area contributed by atoms with Gasteiger partial charge in [0.25, 0.3) is 5.91 Å². The number of nitrogens with one attached hydrogen (secondary N) is 3. The lowest BCUT2D eigenvalue weighted by molar-refractivity contribution is -0.127. The monoisotopic (exact) mass is 443 g/mol. The molecule has 172 valence electrons. The Morgan fingerprint density at radius 1 is 0.969 bits per heavy atom. The summed E-state index contributed by atoms with van der Waals surface area (Å²) in [7, 11) is 0. The summed E-state index contributed by atoms with van der Waals surface area (Å²) in [4.78, 5) is 35.8. The number of hydrogen-bond donors (Lipinski definition) is 4. The molecule has 0 aliphatic heterocycles. The summed E-state index contributed by atoms with van der Waals surface area (Å²) in [6.07, 6.45) is -1.38. The maximum absolute atomic E-state index is 12.2. The van der Waals surface area contributed by atoms with Crippen LogP contribution in [0.1, 0.15) is 33.3 Å². The zero-order valence-electron chi connectivity index (χ0n) is 18.6. The quantitative estimate of drug-likeness (QED) is 0.497. The van der Waals surface area contributed by atoms with Crippen molar-refractivity contribution in [3.05, 3.63) is 54.1 Å². The van der Waals surface area contributed by atoms with Gasteiger partial charge in [0, 0.05) is 12.2 Å². The summed E-state index contributed by atoms with van der Waals surface area (Å²) >= 11 is 0. The van der Waals surface area contributed by atoms with Crippen LogP contribution in [0.4, 0.5) is 10.5 Å². The number of benzene rings is 2. The van der Waals surface area contributed by atoms with Crippen LogP contribution in [-0.4, -0.2) is 41.3 Å². The maximum atomic E-state index is 12.2. The first-order valence-electron chi connectivity index (χ1n) is 10.1. The van der Waals surface area contributed by atoms with Crippen LogP contribution in [-0.2, 0) is 20.9 Å². The Morgan fingerprint density at radius 3 is 2.19 bits per heavy atom. The van der Waals surface area contributed by atoms with Crippen molar-refractivity contribution in [2.45, 2.75) is 45.9 Å². The van der Waals surface area contributed by atoms with Gasteiger partial charge in [0.1, 0.15) is 23.6 Å². The van der Waals surface area contributed by atoms with Gasteiger partial charge in [-0.2, -0.15) is 0 Å². The second-order valence-corrected chi connectivity index (χ2v) is 8.07. The van der Waals surface area contributed by atoms with E-state index in [1.165, 1.54) is 12.1 Å². The first-order chi connectivity index (χ1) is 15.0. The minimum Gasteiger partial charge on any atom is -0.508 e. The van der Waals surface area contributed by atoms with Gasteiger partial charge in [-0.3, -0.25) is 9.59 Å². The van der Waals surface area contributed by atoms with E-state index in [4.69, 9.17) is 9.47 Å². The van der Waals surface area contributed by atoms with Gasteiger partial charge in [0.05, 0.1) is 0 Å². The summed E-state index contributed by atoms with van der Waals surface area (Å²) in [6, 6.07) is 13.0. The van der Waals surface area contributed by atoms with E-state index in [0.29, 0.717) is 11.4 Å². The molecule has 4 N–H and O–H groups in total. The van der Waals surface area contributed by atoms with Crippen molar-refractivity contribution in [1.82, 2.24) is 10.6 Å². The normalized spacial score (nSPS) is 11.8. The lowest BCUT2D eigenvalue weighted by Crippen LogP contribution is -2.37. The minimum absolute atomic E-state index is 0.119. The summed E-state index contributed by atoms with van der Waals surface area (Å²) in [5, 5.41) is 17.1. The van der Waals surface area contributed by atoms with E-state index in [1.54, 1.807) is 64.1 Å². The summed E-state index contributed by atoms with van der Waals surface area (Å²) in [5.41, 5.74) is 0.751. The molecule has 2 aromatic carbocycles.